The first kappa shape index (κ1) is 21.7. The molecule has 0 heterocycles. The summed E-state index contributed by atoms with van der Waals surface area (Å²) in [6.07, 6.45) is 0. The Labute approximate surface area is 169 Å². The number of ether oxygens (including phenoxy) is 1. The summed E-state index contributed by atoms with van der Waals surface area (Å²) >= 11 is 5.78. The Morgan fingerprint density at radius 2 is 1.64 bits per heavy atom. The van der Waals surface area contributed by atoms with Crippen LogP contribution in [-0.4, -0.2) is 32.4 Å². The van der Waals surface area contributed by atoms with E-state index in [0.29, 0.717) is 5.02 Å². The lowest BCUT2D eigenvalue weighted by Gasteiger charge is -2.20. The summed E-state index contributed by atoms with van der Waals surface area (Å²) in [5.74, 6) is -1.28. The predicted octanol–water partition coefficient (Wildman–Crippen LogP) is 3.21. The number of rotatable bonds is 6. The van der Waals surface area contributed by atoms with Crippen LogP contribution in [0.5, 0.6) is 0 Å². The van der Waals surface area contributed by atoms with Gasteiger partial charge in [0.25, 0.3) is 15.9 Å². The molecule has 0 bridgehead atoms. The number of carbonyl (C=O) groups excluding carboxylic acids is 2. The summed E-state index contributed by atoms with van der Waals surface area (Å²) in [5, 5.41) is 3.07. The first-order valence-electron chi connectivity index (χ1n) is 8.33. The molecule has 0 aliphatic rings. The number of anilines is 1. The van der Waals surface area contributed by atoms with E-state index in [2.05, 4.69) is 10.0 Å². The molecule has 0 saturated carbocycles. The monoisotopic (exact) mass is 424 g/mol. The minimum Gasteiger partial charge on any atom is -0.452 e. The highest BCUT2D eigenvalue weighted by Crippen LogP contribution is 2.22. The number of hydrogen-bond acceptors (Lipinski definition) is 5. The van der Waals surface area contributed by atoms with Crippen LogP contribution in [0.4, 0.5) is 5.69 Å². The van der Waals surface area contributed by atoms with Crippen LogP contribution >= 0.6 is 11.6 Å². The van der Waals surface area contributed by atoms with Gasteiger partial charge in [0.1, 0.15) is 0 Å². The zero-order valence-electron chi connectivity index (χ0n) is 15.7. The number of para-hydroxylation sites is 1. The molecule has 28 heavy (non-hydrogen) atoms. The number of hydrogen-bond donors (Lipinski definition) is 2. The Morgan fingerprint density at radius 1 is 1.04 bits per heavy atom. The second-order valence-electron chi connectivity index (χ2n) is 6.98. The predicted molar refractivity (Wildman–Crippen MR) is 107 cm³/mol. The van der Waals surface area contributed by atoms with E-state index in [-0.39, 0.29) is 16.1 Å². The van der Waals surface area contributed by atoms with Gasteiger partial charge in [0.15, 0.2) is 6.61 Å². The molecule has 2 aromatic rings. The normalized spacial score (nSPS) is 11.6. The van der Waals surface area contributed by atoms with Crippen molar-refractivity contribution in [2.24, 2.45) is 0 Å². The van der Waals surface area contributed by atoms with Crippen molar-refractivity contribution in [1.82, 2.24) is 5.32 Å². The van der Waals surface area contributed by atoms with E-state index >= 15 is 0 Å². The Bertz CT molecular complexity index is 967. The van der Waals surface area contributed by atoms with Crippen molar-refractivity contribution in [2.45, 2.75) is 31.2 Å². The largest absolute Gasteiger partial charge is 0.452 e. The molecule has 0 aliphatic carbocycles. The second-order valence-corrected chi connectivity index (χ2v) is 9.10. The van der Waals surface area contributed by atoms with Crippen molar-refractivity contribution >= 4 is 39.2 Å². The molecule has 2 rings (SSSR count). The lowest BCUT2D eigenvalue weighted by Crippen LogP contribution is -2.42. The first-order chi connectivity index (χ1) is 13.0. The highest BCUT2D eigenvalue weighted by atomic mass is 35.5. The number of carbonyl (C=O) groups is 2. The molecule has 150 valence electrons. The molecule has 0 unspecified atom stereocenters. The Hall–Kier alpha value is -2.58. The maximum Gasteiger partial charge on any atom is 0.340 e. The second kappa shape index (κ2) is 8.62. The fraction of sp³-hybridized carbons (Fsp3) is 0.263. The molecule has 7 nitrogen and oxygen atoms in total. The van der Waals surface area contributed by atoms with Crippen molar-refractivity contribution in [1.29, 1.82) is 0 Å². The van der Waals surface area contributed by atoms with E-state index in [1.807, 2.05) is 0 Å². The molecule has 0 aromatic heterocycles. The van der Waals surface area contributed by atoms with Crippen molar-refractivity contribution in [3.63, 3.8) is 0 Å². The van der Waals surface area contributed by atoms with Crippen molar-refractivity contribution in [3.05, 3.63) is 59.1 Å². The smallest absolute Gasteiger partial charge is 0.340 e. The Morgan fingerprint density at radius 3 is 2.25 bits per heavy atom. The molecular formula is C19H21ClN2O5S. The minimum atomic E-state index is -3.94. The van der Waals surface area contributed by atoms with Gasteiger partial charge in [-0.2, -0.15) is 0 Å². The summed E-state index contributed by atoms with van der Waals surface area (Å²) in [4.78, 5) is 24.1. The van der Waals surface area contributed by atoms with Crippen molar-refractivity contribution < 1.29 is 22.7 Å². The molecule has 0 radical (unpaired) electrons. The molecule has 0 spiro atoms. The summed E-state index contributed by atoms with van der Waals surface area (Å²) in [6.45, 7) is 4.92. The van der Waals surface area contributed by atoms with Gasteiger partial charge in [-0.05, 0) is 57.2 Å². The molecule has 0 saturated heterocycles. The highest BCUT2D eigenvalue weighted by Gasteiger charge is 2.21. The van der Waals surface area contributed by atoms with Gasteiger partial charge in [0, 0.05) is 10.6 Å². The van der Waals surface area contributed by atoms with Crippen LogP contribution in [0.25, 0.3) is 0 Å². The number of halogens is 1. The van der Waals surface area contributed by atoms with Gasteiger partial charge < -0.3 is 10.1 Å². The number of sulfonamides is 1. The van der Waals surface area contributed by atoms with Gasteiger partial charge in [-0.25, -0.2) is 13.2 Å². The molecule has 0 fully saturated rings. The highest BCUT2D eigenvalue weighted by molar-refractivity contribution is 7.92. The van der Waals surface area contributed by atoms with Crippen LogP contribution in [0.2, 0.25) is 5.02 Å². The lowest BCUT2D eigenvalue weighted by atomic mass is 10.1. The average molecular weight is 425 g/mol. The molecule has 0 atom stereocenters. The van der Waals surface area contributed by atoms with Crippen LogP contribution in [0.15, 0.2) is 53.4 Å². The van der Waals surface area contributed by atoms with Gasteiger partial charge in [-0.1, -0.05) is 23.7 Å². The Balaban J connectivity index is 2.15. The van der Waals surface area contributed by atoms with Gasteiger partial charge in [-0.15, -0.1) is 0 Å². The number of benzene rings is 2. The SMILES string of the molecule is CC(C)(C)NC(=O)COC(=O)c1ccccc1NS(=O)(=O)c1ccc(Cl)cc1. The summed E-state index contributed by atoms with van der Waals surface area (Å²) < 4.78 is 32.4. The average Bonchev–Trinajstić information content (AvgIpc) is 2.59. The fourth-order valence-electron chi connectivity index (χ4n) is 2.23. The van der Waals surface area contributed by atoms with Crippen molar-refractivity contribution in [2.75, 3.05) is 11.3 Å². The van der Waals surface area contributed by atoms with Crippen LogP contribution in [0.1, 0.15) is 31.1 Å². The van der Waals surface area contributed by atoms with E-state index in [1.165, 1.54) is 36.4 Å². The number of esters is 1. The van der Waals surface area contributed by atoms with Gasteiger partial charge >= 0.3 is 5.97 Å². The molecule has 0 aliphatic heterocycles. The molecule has 2 aromatic carbocycles. The van der Waals surface area contributed by atoms with Gasteiger partial charge in [0.2, 0.25) is 0 Å². The fourth-order valence-corrected chi connectivity index (χ4v) is 3.44. The third kappa shape index (κ3) is 6.24. The lowest BCUT2D eigenvalue weighted by molar-refractivity contribution is -0.125. The van der Waals surface area contributed by atoms with E-state index in [1.54, 1.807) is 32.9 Å². The summed E-state index contributed by atoms with van der Waals surface area (Å²) in [7, 11) is -3.94. The molecule has 1 amide bonds. The molecule has 9 heteroatoms. The van der Waals surface area contributed by atoms with Crippen LogP contribution in [0, 0.1) is 0 Å². The maximum atomic E-state index is 12.5. The standard InChI is InChI=1S/C19H21ClN2O5S/c1-19(2,3)21-17(23)12-27-18(24)15-6-4-5-7-16(15)22-28(25,26)14-10-8-13(20)9-11-14/h4-11,22H,12H2,1-3H3,(H,21,23). The van der Waals surface area contributed by atoms with Crippen molar-refractivity contribution in [3.8, 4) is 0 Å². The van der Waals surface area contributed by atoms with E-state index in [4.69, 9.17) is 16.3 Å². The third-order valence-electron chi connectivity index (χ3n) is 3.36. The maximum absolute atomic E-state index is 12.5. The Kier molecular flexibility index (Phi) is 6.69. The number of nitrogens with one attached hydrogen (secondary N) is 2. The summed E-state index contributed by atoms with van der Waals surface area (Å²) in [5.41, 5.74) is -0.433. The molecular weight excluding hydrogens is 404 g/mol. The third-order valence-corrected chi connectivity index (χ3v) is 5.00. The van der Waals surface area contributed by atoms with Crippen LogP contribution in [0.3, 0.4) is 0 Å². The zero-order chi connectivity index (χ0) is 20.9. The topological polar surface area (TPSA) is 102 Å². The van der Waals surface area contributed by atoms with Crippen LogP contribution < -0.4 is 10.0 Å². The van der Waals surface area contributed by atoms with Gasteiger partial charge in [-0.3, -0.25) is 9.52 Å². The zero-order valence-corrected chi connectivity index (χ0v) is 17.2. The first-order valence-corrected chi connectivity index (χ1v) is 10.2. The molecule has 2 N–H and O–H groups in total. The van der Waals surface area contributed by atoms with Crippen LogP contribution in [-0.2, 0) is 19.6 Å². The minimum absolute atomic E-state index is 0.00961. The number of amides is 1. The summed E-state index contributed by atoms with van der Waals surface area (Å²) in [6, 6.07) is 11.6. The van der Waals surface area contributed by atoms with E-state index in [9.17, 15) is 18.0 Å². The quantitative estimate of drug-likeness (QED) is 0.693. The van der Waals surface area contributed by atoms with Gasteiger partial charge in [0.05, 0.1) is 16.1 Å². The van der Waals surface area contributed by atoms with E-state index < -0.39 is 34.0 Å². The van der Waals surface area contributed by atoms with E-state index in [0.717, 1.165) is 0 Å².